The zero-order chi connectivity index (χ0) is 13.0. The van der Waals surface area contributed by atoms with Crippen molar-refractivity contribution >= 4 is 11.6 Å². The molecule has 0 amide bonds. The van der Waals surface area contributed by atoms with Crippen molar-refractivity contribution in [1.29, 1.82) is 0 Å². The molecule has 0 saturated heterocycles. The van der Waals surface area contributed by atoms with E-state index in [0.717, 1.165) is 31.3 Å². The number of allylic oxidation sites excluding steroid dienone is 6. The minimum atomic E-state index is 0.154. The molecule has 0 N–H and O–H groups in total. The molecule has 4 unspecified atom stereocenters. The molecule has 0 heterocycles. The van der Waals surface area contributed by atoms with Crippen LogP contribution in [0.3, 0.4) is 0 Å². The van der Waals surface area contributed by atoms with Crippen molar-refractivity contribution in [3.63, 3.8) is 0 Å². The zero-order valence-corrected chi connectivity index (χ0v) is 11.0. The van der Waals surface area contributed by atoms with Crippen LogP contribution in [0.4, 0.5) is 0 Å². The number of hydrogen-bond donors (Lipinski definition) is 0. The van der Waals surface area contributed by atoms with Crippen LogP contribution in [-0.4, -0.2) is 11.6 Å². The normalized spacial score (nSPS) is 40.2. The average Bonchev–Trinajstić information content (AvgIpc) is 2.86. The molecule has 4 aliphatic carbocycles. The monoisotopic (exact) mass is 254 g/mol. The van der Waals surface area contributed by atoms with Crippen LogP contribution in [0, 0.1) is 23.7 Å². The lowest BCUT2D eigenvalue weighted by Crippen LogP contribution is -2.44. The second kappa shape index (κ2) is 4.03. The SMILES string of the molecule is O=C1CCC2C(CCC3C4=CC=CC4=CC(=O)C32)C1. The Hall–Kier alpha value is -1.44. The van der Waals surface area contributed by atoms with Gasteiger partial charge in [0.05, 0.1) is 0 Å². The second-order valence-corrected chi connectivity index (χ2v) is 6.40. The molecule has 98 valence electrons. The molecule has 0 radical (unpaired) electrons. The third kappa shape index (κ3) is 1.62. The van der Waals surface area contributed by atoms with E-state index in [0.29, 0.717) is 35.7 Å². The van der Waals surface area contributed by atoms with E-state index in [1.165, 1.54) is 5.57 Å². The summed E-state index contributed by atoms with van der Waals surface area (Å²) < 4.78 is 0. The minimum Gasteiger partial charge on any atom is -0.300 e. The number of Topliss-reactive ketones (excluding diaryl/α,β-unsaturated/α-hetero) is 1. The molecule has 4 aliphatic rings. The van der Waals surface area contributed by atoms with Gasteiger partial charge in [-0.1, -0.05) is 18.2 Å². The van der Waals surface area contributed by atoms with Gasteiger partial charge in [-0.2, -0.15) is 0 Å². The molecular weight excluding hydrogens is 236 g/mol. The summed E-state index contributed by atoms with van der Waals surface area (Å²) in [6.07, 6.45) is 12.7. The van der Waals surface area contributed by atoms with Gasteiger partial charge >= 0.3 is 0 Å². The third-order valence-corrected chi connectivity index (χ3v) is 5.51. The predicted octanol–water partition coefficient (Wildman–Crippen LogP) is 3.00. The van der Waals surface area contributed by atoms with Crippen LogP contribution >= 0.6 is 0 Å². The molecule has 4 atom stereocenters. The summed E-state index contributed by atoms with van der Waals surface area (Å²) in [6, 6.07) is 0. The van der Waals surface area contributed by atoms with Crippen molar-refractivity contribution in [2.24, 2.45) is 23.7 Å². The van der Waals surface area contributed by atoms with Crippen molar-refractivity contribution in [2.75, 3.05) is 0 Å². The van der Waals surface area contributed by atoms with Crippen LogP contribution in [0.1, 0.15) is 32.1 Å². The fourth-order valence-corrected chi connectivity index (χ4v) is 4.69. The van der Waals surface area contributed by atoms with Gasteiger partial charge in [0.1, 0.15) is 5.78 Å². The number of hydrogen-bond acceptors (Lipinski definition) is 2. The zero-order valence-electron chi connectivity index (χ0n) is 11.0. The van der Waals surface area contributed by atoms with E-state index in [-0.39, 0.29) is 5.92 Å². The highest BCUT2D eigenvalue weighted by atomic mass is 16.1. The smallest absolute Gasteiger partial charge is 0.160 e. The van der Waals surface area contributed by atoms with E-state index in [4.69, 9.17) is 0 Å². The largest absolute Gasteiger partial charge is 0.300 e. The molecule has 0 spiro atoms. The van der Waals surface area contributed by atoms with Gasteiger partial charge in [0.2, 0.25) is 0 Å². The van der Waals surface area contributed by atoms with Gasteiger partial charge in [0, 0.05) is 18.8 Å². The number of fused-ring (bicyclic) bond motifs is 5. The molecule has 2 nitrogen and oxygen atoms in total. The Kier molecular flexibility index (Phi) is 2.41. The number of carbonyl (C=O) groups excluding carboxylic acids is 2. The Morgan fingerprint density at radius 1 is 1.11 bits per heavy atom. The van der Waals surface area contributed by atoms with Crippen LogP contribution < -0.4 is 0 Å². The van der Waals surface area contributed by atoms with Gasteiger partial charge in [0.25, 0.3) is 0 Å². The first kappa shape index (κ1) is 11.4. The van der Waals surface area contributed by atoms with E-state index < -0.39 is 0 Å². The maximum absolute atomic E-state index is 12.5. The fourth-order valence-electron chi connectivity index (χ4n) is 4.69. The minimum absolute atomic E-state index is 0.154. The van der Waals surface area contributed by atoms with Crippen LogP contribution in [0.5, 0.6) is 0 Å². The first-order valence-electron chi connectivity index (χ1n) is 7.40. The molecule has 0 bridgehead atoms. The predicted molar refractivity (Wildman–Crippen MR) is 72.4 cm³/mol. The molecule has 0 aromatic rings. The van der Waals surface area contributed by atoms with E-state index in [1.807, 2.05) is 6.08 Å². The third-order valence-electron chi connectivity index (χ3n) is 5.51. The Labute approximate surface area is 113 Å². The summed E-state index contributed by atoms with van der Waals surface area (Å²) in [7, 11) is 0. The molecule has 2 heteroatoms. The molecule has 2 saturated carbocycles. The van der Waals surface area contributed by atoms with Crippen LogP contribution in [-0.2, 0) is 9.59 Å². The van der Waals surface area contributed by atoms with Gasteiger partial charge in [-0.3, -0.25) is 9.59 Å². The number of rotatable bonds is 0. The van der Waals surface area contributed by atoms with E-state index in [1.54, 1.807) is 0 Å². The van der Waals surface area contributed by atoms with E-state index >= 15 is 0 Å². The lowest BCUT2D eigenvalue weighted by atomic mass is 9.57. The van der Waals surface area contributed by atoms with Gasteiger partial charge in [-0.05, 0) is 54.2 Å². The highest BCUT2D eigenvalue weighted by Gasteiger charge is 2.47. The number of ketones is 2. The lowest BCUT2D eigenvalue weighted by Gasteiger charge is -2.46. The summed E-state index contributed by atoms with van der Waals surface area (Å²) >= 11 is 0. The van der Waals surface area contributed by atoms with Gasteiger partial charge < -0.3 is 0 Å². The Balaban J connectivity index is 1.71. The molecule has 0 aliphatic heterocycles. The lowest BCUT2D eigenvalue weighted by molar-refractivity contribution is -0.131. The van der Waals surface area contributed by atoms with Gasteiger partial charge in [0.15, 0.2) is 5.78 Å². The first-order chi connectivity index (χ1) is 9.24. The topological polar surface area (TPSA) is 34.1 Å². The maximum Gasteiger partial charge on any atom is 0.160 e. The van der Waals surface area contributed by atoms with Crippen molar-refractivity contribution in [1.82, 2.24) is 0 Å². The fraction of sp³-hybridized carbons (Fsp3) is 0.529. The molecule has 2 fully saturated rings. The highest BCUT2D eigenvalue weighted by molar-refractivity contribution is 5.97. The molecular formula is C17H18O2. The molecule has 4 rings (SSSR count). The van der Waals surface area contributed by atoms with E-state index in [9.17, 15) is 9.59 Å². The van der Waals surface area contributed by atoms with Gasteiger partial charge in [-0.15, -0.1) is 0 Å². The summed E-state index contributed by atoms with van der Waals surface area (Å²) in [5.74, 6) is 2.20. The van der Waals surface area contributed by atoms with Gasteiger partial charge in [-0.25, -0.2) is 0 Å². The van der Waals surface area contributed by atoms with E-state index in [2.05, 4.69) is 18.2 Å². The first-order valence-corrected chi connectivity index (χ1v) is 7.40. The summed E-state index contributed by atoms with van der Waals surface area (Å²) in [5, 5.41) is 0. The van der Waals surface area contributed by atoms with Crippen molar-refractivity contribution < 1.29 is 9.59 Å². The average molecular weight is 254 g/mol. The molecule has 0 aromatic carbocycles. The standard InChI is InChI=1S/C17H18O2/c18-12-5-7-14-11(8-12)4-6-15-13-3-1-2-10(13)9-16(19)17(14)15/h1-3,9,11,14-15,17H,4-8H2. The Bertz CT molecular complexity index is 550. The van der Waals surface area contributed by atoms with Crippen molar-refractivity contribution in [2.45, 2.75) is 32.1 Å². The van der Waals surface area contributed by atoms with Crippen molar-refractivity contribution in [3.05, 3.63) is 35.5 Å². The highest BCUT2D eigenvalue weighted by Crippen LogP contribution is 2.51. The molecule has 0 aromatic heterocycles. The number of carbonyl (C=O) groups is 2. The second-order valence-electron chi connectivity index (χ2n) is 6.40. The summed E-state index contributed by atoms with van der Waals surface area (Å²) in [4.78, 5) is 24.1. The Morgan fingerprint density at radius 2 is 2.00 bits per heavy atom. The summed E-state index contributed by atoms with van der Waals surface area (Å²) in [5.41, 5.74) is 2.51. The van der Waals surface area contributed by atoms with Crippen molar-refractivity contribution in [3.8, 4) is 0 Å². The van der Waals surface area contributed by atoms with Crippen LogP contribution in [0.25, 0.3) is 0 Å². The summed E-state index contributed by atoms with van der Waals surface area (Å²) in [6.45, 7) is 0. The maximum atomic E-state index is 12.5. The van der Waals surface area contributed by atoms with Crippen LogP contribution in [0.2, 0.25) is 0 Å². The molecule has 19 heavy (non-hydrogen) atoms. The quantitative estimate of drug-likeness (QED) is 0.666. The Morgan fingerprint density at radius 3 is 2.89 bits per heavy atom. The van der Waals surface area contributed by atoms with Crippen LogP contribution in [0.15, 0.2) is 35.5 Å².